The number of fused-ring (bicyclic) bond motifs is 1. The maximum Gasteiger partial charge on any atom is 0.255 e. The molecule has 1 saturated heterocycles. The highest BCUT2D eigenvalue weighted by molar-refractivity contribution is 7.16. The van der Waals surface area contributed by atoms with Crippen molar-refractivity contribution in [3.63, 3.8) is 0 Å². The highest BCUT2D eigenvalue weighted by atomic mass is 32.1. The van der Waals surface area contributed by atoms with Gasteiger partial charge in [0, 0.05) is 43.1 Å². The Morgan fingerprint density at radius 1 is 1.12 bits per heavy atom. The van der Waals surface area contributed by atoms with Gasteiger partial charge in [0.05, 0.1) is 15.7 Å². The van der Waals surface area contributed by atoms with E-state index >= 15 is 0 Å². The molecule has 0 atom stereocenters. The van der Waals surface area contributed by atoms with Gasteiger partial charge in [-0.15, -0.1) is 11.3 Å². The highest BCUT2D eigenvalue weighted by Crippen LogP contribution is 2.22. The molecule has 4 rings (SSSR count). The lowest BCUT2D eigenvalue weighted by Crippen LogP contribution is -2.46. The first-order valence-electron chi connectivity index (χ1n) is 8.95. The number of aromatic nitrogens is 1. The molecule has 0 radical (unpaired) electrons. The van der Waals surface area contributed by atoms with Crippen molar-refractivity contribution in [2.24, 2.45) is 0 Å². The van der Waals surface area contributed by atoms with Crippen molar-refractivity contribution in [2.45, 2.75) is 6.92 Å². The third kappa shape index (κ3) is 3.57. The van der Waals surface area contributed by atoms with Gasteiger partial charge in [-0.05, 0) is 49.0 Å². The van der Waals surface area contributed by atoms with Crippen LogP contribution in [0, 0.1) is 0 Å². The summed E-state index contributed by atoms with van der Waals surface area (Å²) in [5.41, 5.74) is 5.41. The van der Waals surface area contributed by atoms with Crippen molar-refractivity contribution in [1.82, 2.24) is 9.88 Å². The third-order valence-corrected chi connectivity index (χ3v) is 5.70. The van der Waals surface area contributed by atoms with Crippen LogP contribution in [0.25, 0.3) is 10.2 Å². The maximum absolute atomic E-state index is 12.5. The minimum absolute atomic E-state index is 0.0930. The third-order valence-electron chi connectivity index (χ3n) is 4.90. The van der Waals surface area contributed by atoms with Crippen molar-refractivity contribution in [2.75, 3.05) is 42.9 Å². The van der Waals surface area contributed by atoms with Gasteiger partial charge in [-0.1, -0.05) is 6.92 Å². The van der Waals surface area contributed by atoms with E-state index in [0.29, 0.717) is 5.56 Å². The molecule has 0 saturated carbocycles. The lowest BCUT2D eigenvalue weighted by atomic mass is 10.2. The van der Waals surface area contributed by atoms with Crippen LogP contribution in [0.2, 0.25) is 0 Å². The molecule has 26 heavy (non-hydrogen) atoms. The smallest absolute Gasteiger partial charge is 0.255 e. The Kier molecular flexibility index (Phi) is 4.86. The van der Waals surface area contributed by atoms with Gasteiger partial charge in [-0.3, -0.25) is 4.79 Å². The predicted molar refractivity (Wildman–Crippen MR) is 108 cm³/mol. The minimum Gasteiger partial charge on any atom is -0.369 e. The van der Waals surface area contributed by atoms with Crippen LogP contribution in [0.3, 0.4) is 0 Å². The number of nitrogens with zero attached hydrogens (tertiary/aromatic N) is 3. The summed E-state index contributed by atoms with van der Waals surface area (Å²) in [7, 11) is 0. The van der Waals surface area contributed by atoms with Crippen molar-refractivity contribution in [3.8, 4) is 0 Å². The van der Waals surface area contributed by atoms with Gasteiger partial charge in [-0.2, -0.15) is 0 Å². The van der Waals surface area contributed by atoms with E-state index in [2.05, 4.69) is 39.2 Å². The zero-order chi connectivity index (χ0) is 17.9. The molecule has 2 aromatic carbocycles. The first kappa shape index (κ1) is 17.0. The van der Waals surface area contributed by atoms with Crippen LogP contribution in [0.4, 0.5) is 11.4 Å². The molecule has 1 aliphatic rings. The first-order valence-corrected chi connectivity index (χ1v) is 9.83. The molecule has 5 nitrogen and oxygen atoms in total. The number of benzene rings is 2. The zero-order valence-electron chi connectivity index (χ0n) is 14.8. The van der Waals surface area contributed by atoms with Crippen LogP contribution in [-0.2, 0) is 0 Å². The van der Waals surface area contributed by atoms with E-state index < -0.39 is 0 Å². The average Bonchev–Trinajstić information content (AvgIpc) is 3.16. The first-order chi connectivity index (χ1) is 12.7. The number of carbonyl (C=O) groups is 1. The fourth-order valence-corrected chi connectivity index (χ4v) is 3.99. The molecule has 1 N–H and O–H groups in total. The van der Waals surface area contributed by atoms with Gasteiger partial charge in [0.25, 0.3) is 5.91 Å². The molecule has 6 heteroatoms. The van der Waals surface area contributed by atoms with E-state index in [4.69, 9.17) is 0 Å². The number of anilines is 2. The summed E-state index contributed by atoms with van der Waals surface area (Å²) in [6, 6.07) is 13.7. The van der Waals surface area contributed by atoms with E-state index in [1.807, 2.05) is 30.3 Å². The lowest BCUT2D eigenvalue weighted by molar-refractivity contribution is 0.102. The summed E-state index contributed by atoms with van der Waals surface area (Å²) in [4.78, 5) is 21.6. The Morgan fingerprint density at radius 3 is 2.62 bits per heavy atom. The van der Waals surface area contributed by atoms with Gasteiger partial charge >= 0.3 is 0 Å². The van der Waals surface area contributed by atoms with E-state index in [0.717, 1.165) is 48.6 Å². The lowest BCUT2D eigenvalue weighted by Gasteiger charge is -2.35. The van der Waals surface area contributed by atoms with Gasteiger partial charge in [-0.25, -0.2) is 4.98 Å². The second-order valence-electron chi connectivity index (χ2n) is 6.46. The van der Waals surface area contributed by atoms with Crippen LogP contribution in [0.1, 0.15) is 17.3 Å². The van der Waals surface area contributed by atoms with E-state index in [1.54, 1.807) is 16.8 Å². The number of likely N-dealkylation sites (N-methyl/N-ethyl adjacent to an activating group) is 1. The second kappa shape index (κ2) is 7.43. The van der Waals surface area contributed by atoms with Gasteiger partial charge in [0.1, 0.15) is 0 Å². The molecular weight excluding hydrogens is 344 g/mol. The highest BCUT2D eigenvalue weighted by Gasteiger charge is 2.16. The van der Waals surface area contributed by atoms with E-state index in [9.17, 15) is 4.79 Å². The van der Waals surface area contributed by atoms with Crippen LogP contribution in [0.5, 0.6) is 0 Å². The van der Waals surface area contributed by atoms with Crippen molar-refractivity contribution in [3.05, 3.63) is 53.5 Å². The number of nitrogens with one attached hydrogen (secondary N) is 1. The molecule has 3 aromatic rings. The zero-order valence-corrected chi connectivity index (χ0v) is 15.6. The number of hydrogen-bond acceptors (Lipinski definition) is 5. The Morgan fingerprint density at radius 2 is 1.88 bits per heavy atom. The molecule has 1 fully saturated rings. The summed E-state index contributed by atoms with van der Waals surface area (Å²) in [5, 5.41) is 2.98. The van der Waals surface area contributed by atoms with Gasteiger partial charge in [0.2, 0.25) is 0 Å². The molecular formula is C20H22N4OS. The monoisotopic (exact) mass is 366 g/mol. The number of thiazole rings is 1. The largest absolute Gasteiger partial charge is 0.369 e. The number of rotatable bonds is 4. The molecule has 2 heterocycles. The van der Waals surface area contributed by atoms with Crippen molar-refractivity contribution < 1.29 is 4.79 Å². The summed E-state index contributed by atoms with van der Waals surface area (Å²) < 4.78 is 1.03. The topological polar surface area (TPSA) is 48.5 Å². The second-order valence-corrected chi connectivity index (χ2v) is 7.34. The molecule has 0 bridgehead atoms. The predicted octanol–water partition coefficient (Wildman–Crippen LogP) is 3.69. The number of hydrogen-bond donors (Lipinski definition) is 1. The standard InChI is InChI=1S/C20H22N4OS/c1-2-23-9-11-24(12-10-23)17-6-4-16(5-7-17)22-20(25)15-3-8-18-19(13-15)26-14-21-18/h3-8,13-14H,2,9-12H2,1H3,(H,22,25). The van der Waals surface area contributed by atoms with Crippen LogP contribution >= 0.6 is 11.3 Å². The number of amides is 1. The molecule has 1 aromatic heterocycles. The Bertz CT molecular complexity index is 898. The summed E-state index contributed by atoms with van der Waals surface area (Å²) in [5.74, 6) is -0.0930. The quantitative estimate of drug-likeness (QED) is 0.765. The fourth-order valence-electron chi connectivity index (χ4n) is 3.28. The summed E-state index contributed by atoms with van der Waals surface area (Å²) in [6.07, 6.45) is 0. The van der Waals surface area contributed by atoms with Crippen LogP contribution < -0.4 is 10.2 Å². The van der Waals surface area contributed by atoms with E-state index in [-0.39, 0.29) is 5.91 Å². The molecule has 0 spiro atoms. The fraction of sp³-hybridized carbons (Fsp3) is 0.300. The van der Waals surface area contributed by atoms with Crippen LogP contribution in [-0.4, -0.2) is 48.5 Å². The number of carbonyl (C=O) groups excluding carboxylic acids is 1. The average molecular weight is 366 g/mol. The minimum atomic E-state index is -0.0930. The normalized spacial score (nSPS) is 15.3. The molecule has 134 valence electrons. The van der Waals surface area contributed by atoms with Crippen molar-refractivity contribution >= 4 is 38.8 Å². The van der Waals surface area contributed by atoms with Gasteiger partial charge < -0.3 is 15.1 Å². The summed E-state index contributed by atoms with van der Waals surface area (Å²) in [6.45, 7) is 7.64. The Balaban J connectivity index is 1.41. The molecule has 0 unspecified atom stereocenters. The van der Waals surface area contributed by atoms with Crippen LogP contribution in [0.15, 0.2) is 48.0 Å². The Hall–Kier alpha value is -2.44. The SMILES string of the molecule is CCN1CCN(c2ccc(NC(=O)c3ccc4ncsc4c3)cc2)CC1. The van der Waals surface area contributed by atoms with Gasteiger partial charge in [0.15, 0.2) is 0 Å². The summed E-state index contributed by atoms with van der Waals surface area (Å²) >= 11 is 1.54. The molecule has 0 aliphatic carbocycles. The molecule has 1 amide bonds. The maximum atomic E-state index is 12.5. The van der Waals surface area contributed by atoms with E-state index in [1.165, 1.54) is 5.69 Å². The number of piperazine rings is 1. The Labute approximate surface area is 157 Å². The molecule has 1 aliphatic heterocycles. The van der Waals surface area contributed by atoms with Crippen molar-refractivity contribution in [1.29, 1.82) is 0 Å².